The van der Waals surface area contributed by atoms with Gasteiger partial charge in [0.05, 0.1) is 17.8 Å². The SMILES string of the molecule is CN(CC(=O)Nc1cc(Cl)ccc1C#N)Cc1ccsc1. The summed E-state index contributed by atoms with van der Waals surface area (Å²) in [5, 5.41) is 16.3. The molecule has 1 aromatic carbocycles. The Bertz CT molecular complexity index is 664. The molecule has 6 heteroatoms. The molecule has 1 heterocycles. The van der Waals surface area contributed by atoms with E-state index in [0.29, 0.717) is 22.8 Å². The molecule has 0 saturated carbocycles. The number of amides is 1. The van der Waals surface area contributed by atoms with Gasteiger partial charge in [-0.15, -0.1) is 0 Å². The van der Waals surface area contributed by atoms with Crippen LogP contribution in [-0.2, 0) is 11.3 Å². The number of hydrogen-bond acceptors (Lipinski definition) is 4. The van der Waals surface area contributed by atoms with Crippen LogP contribution in [0.4, 0.5) is 5.69 Å². The predicted molar refractivity (Wildman–Crippen MR) is 85.4 cm³/mol. The highest BCUT2D eigenvalue weighted by atomic mass is 35.5. The van der Waals surface area contributed by atoms with Gasteiger partial charge >= 0.3 is 0 Å². The van der Waals surface area contributed by atoms with Crippen LogP contribution in [0.2, 0.25) is 5.02 Å². The van der Waals surface area contributed by atoms with Crippen LogP contribution in [0, 0.1) is 11.3 Å². The van der Waals surface area contributed by atoms with Gasteiger partial charge in [0.2, 0.25) is 5.91 Å². The van der Waals surface area contributed by atoms with Crippen molar-refractivity contribution in [2.75, 3.05) is 18.9 Å². The molecule has 0 unspecified atom stereocenters. The van der Waals surface area contributed by atoms with Crippen molar-refractivity contribution < 1.29 is 4.79 Å². The summed E-state index contributed by atoms with van der Waals surface area (Å²) in [6.45, 7) is 0.949. The molecule has 1 amide bonds. The standard InChI is InChI=1S/C15H14ClN3OS/c1-19(8-11-4-5-21-10-11)9-15(20)18-14-6-13(16)3-2-12(14)7-17/h2-6,10H,8-9H2,1H3,(H,18,20). The van der Waals surface area contributed by atoms with Crippen molar-refractivity contribution in [1.82, 2.24) is 4.90 Å². The fourth-order valence-electron chi connectivity index (χ4n) is 1.90. The van der Waals surface area contributed by atoms with Crippen LogP contribution in [0.1, 0.15) is 11.1 Å². The molecule has 0 bridgehead atoms. The summed E-state index contributed by atoms with van der Waals surface area (Å²) < 4.78 is 0. The van der Waals surface area contributed by atoms with Crippen LogP contribution >= 0.6 is 22.9 Å². The summed E-state index contributed by atoms with van der Waals surface area (Å²) in [5.41, 5.74) is 2.02. The van der Waals surface area contributed by atoms with E-state index >= 15 is 0 Å². The van der Waals surface area contributed by atoms with Crippen LogP contribution in [0.25, 0.3) is 0 Å². The van der Waals surface area contributed by atoms with Gasteiger partial charge in [-0.05, 0) is 47.6 Å². The molecule has 0 radical (unpaired) electrons. The maximum atomic E-state index is 12.0. The van der Waals surface area contributed by atoms with Gasteiger partial charge in [0, 0.05) is 11.6 Å². The lowest BCUT2D eigenvalue weighted by atomic mass is 10.2. The Balaban J connectivity index is 1.95. The van der Waals surface area contributed by atoms with E-state index < -0.39 is 0 Å². The number of benzene rings is 1. The maximum absolute atomic E-state index is 12.0. The van der Waals surface area contributed by atoms with Crippen LogP contribution in [0.5, 0.6) is 0 Å². The molecule has 4 nitrogen and oxygen atoms in total. The zero-order valence-corrected chi connectivity index (χ0v) is 13.0. The van der Waals surface area contributed by atoms with Crippen LogP contribution in [0.3, 0.4) is 0 Å². The smallest absolute Gasteiger partial charge is 0.238 e. The first-order chi connectivity index (χ1) is 10.1. The molecule has 0 spiro atoms. The average Bonchev–Trinajstić information content (AvgIpc) is 2.91. The zero-order chi connectivity index (χ0) is 15.2. The molecule has 21 heavy (non-hydrogen) atoms. The minimum atomic E-state index is -0.175. The topological polar surface area (TPSA) is 56.1 Å². The van der Waals surface area contributed by atoms with E-state index in [9.17, 15) is 4.79 Å². The molecular weight excluding hydrogens is 306 g/mol. The van der Waals surface area contributed by atoms with Crippen molar-refractivity contribution in [2.45, 2.75) is 6.54 Å². The highest BCUT2D eigenvalue weighted by Crippen LogP contribution is 2.20. The molecule has 0 saturated heterocycles. The summed E-state index contributed by atoms with van der Waals surface area (Å²) in [7, 11) is 1.88. The molecule has 2 rings (SSSR count). The van der Waals surface area contributed by atoms with Crippen LogP contribution < -0.4 is 5.32 Å². The Morgan fingerprint density at radius 3 is 2.95 bits per heavy atom. The number of nitriles is 1. The quantitative estimate of drug-likeness (QED) is 0.919. The Labute approximate surface area is 132 Å². The minimum absolute atomic E-state index is 0.175. The van der Waals surface area contributed by atoms with Crippen molar-refractivity contribution >= 4 is 34.5 Å². The maximum Gasteiger partial charge on any atom is 0.238 e. The van der Waals surface area contributed by atoms with Gasteiger partial charge in [0.15, 0.2) is 0 Å². The Morgan fingerprint density at radius 1 is 1.48 bits per heavy atom. The van der Waals surface area contributed by atoms with E-state index in [0.717, 1.165) is 0 Å². The van der Waals surface area contributed by atoms with Crippen LogP contribution in [-0.4, -0.2) is 24.4 Å². The molecule has 0 atom stereocenters. The summed E-state index contributed by atoms with van der Waals surface area (Å²) in [4.78, 5) is 13.9. The number of thiophene rings is 1. The zero-order valence-electron chi connectivity index (χ0n) is 11.5. The lowest BCUT2D eigenvalue weighted by Gasteiger charge is -2.16. The number of hydrogen-bond donors (Lipinski definition) is 1. The molecule has 1 aromatic heterocycles. The van der Waals surface area contributed by atoms with Gasteiger partial charge in [-0.2, -0.15) is 16.6 Å². The first-order valence-corrected chi connectivity index (χ1v) is 7.59. The number of nitrogens with one attached hydrogen (secondary N) is 1. The average molecular weight is 320 g/mol. The van der Waals surface area contributed by atoms with E-state index in [1.54, 1.807) is 29.5 Å². The minimum Gasteiger partial charge on any atom is -0.324 e. The molecular formula is C15H14ClN3OS. The molecule has 108 valence electrons. The molecule has 0 aliphatic heterocycles. The van der Waals surface area contributed by atoms with E-state index in [4.69, 9.17) is 16.9 Å². The van der Waals surface area contributed by atoms with E-state index in [2.05, 4.69) is 10.7 Å². The Kier molecular flexibility index (Phi) is 5.34. The second kappa shape index (κ2) is 7.23. The van der Waals surface area contributed by atoms with Gasteiger partial charge in [-0.3, -0.25) is 9.69 Å². The first-order valence-electron chi connectivity index (χ1n) is 6.27. The number of nitrogens with zero attached hydrogens (tertiary/aromatic N) is 2. The van der Waals surface area contributed by atoms with Crippen molar-refractivity contribution in [2.24, 2.45) is 0 Å². The Hall–Kier alpha value is -1.87. The van der Waals surface area contributed by atoms with Crippen molar-refractivity contribution in [3.05, 3.63) is 51.2 Å². The third-order valence-electron chi connectivity index (χ3n) is 2.82. The number of halogens is 1. The monoisotopic (exact) mass is 319 g/mol. The van der Waals surface area contributed by atoms with Gasteiger partial charge in [-0.25, -0.2) is 0 Å². The number of rotatable bonds is 5. The summed E-state index contributed by atoms with van der Waals surface area (Å²) in [6, 6.07) is 8.86. The lowest BCUT2D eigenvalue weighted by molar-refractivity contribution is -0.117. The van der Waals surface area contributed by atoms with Gasteiger partial charge in [0.25, 0.3) is 0 Å². The van der Waals surface area contributed by atoms with Crippen molar-refractivity contribution in [3.63, 3.8) is 0 Å². The van der Waals surface area contributed by atoms with Gasteiger partial charge in [0.1, 0.15) is 6.07 Å². The lowest BCUT2D eigenvalue weighted by Crippen LogP contribution is -2.29. The van der Waals surface area contributed by atoms with Crippen molar-refractivity contribution in [3.8, 4) is 6.07 Å². The number of carbonyl (C=O) groups excluding carboxylic acids is 1. The normalized spacial score (nSPS) is 10.4. The molecule has 1 N–H and O–H groups in total. The van der Waals surface area contributed by atoms with E-state index in [1.165, 1.54) is 5.56 Å². The highest BCUT2D eigenvalue weighted by molar-refractivity contribution is 7.07. The molecule has 0 aliphatic rings. The number of likely N-dealkylation sites (N-methyl/N-ethyl adjacent to an activating group) is 1. The fraction of sp³-hybridized carbons (Fsp3) is 0.200. The second-order valence-corrected chi connectivity index (χ2v) is 5.87. The number of anilines is 1. The number of carbonyl (C=O) groups is 1. The summed E-state index contributed by atoms with van der Waals surface area (Å²) in [6.07, 6.45) is 0. The largest absolute Gasteiger partial charge is 0.324 e. The third kappa shape index (κ3) is 4.57. The van der Waals surface area contributed by atoms with Crippen LogP contribution in [0.15, 0.2) is 35.0 Å². The predicted octanol–water partition coefficient (Wildman–Crippen LogP) is 3.34. The molecule has 0 aliphatic carbocycles. The highest BCUT2D eigenvalue weighted by Gasteiger charge is 2.10. The summed E-state index contributed by atoms with van der Waals surface area (Å²) >= 11 is 7.52. The van der Waals surface area contributed by atoms with Crippen molar-refractivity contribution in [1.29, 1.82) is 5.26 Å². The van der Waals surface area contributed by atoms with Gasteiger partial charge < -0.3 is 5.32 Å². The first kappa shape index (κ1) is 15.5. The van der Waals surface area contributed by atoms with E-state index in [-0.39, 0.29) is 12.5 Å². The van der Waals surface area contributed by atoms with Gasteiger partial charge in [-0.1, -0.05) is 11.6 Å². The fourth-order valence-corrected chi connectivity index (χ4v) is 2.73. The third-order valence-corrected chi connectivity index (χ3v) is 3.79. The Morgan fingerprint density at radius 2 is 2.29 bits per heavy atom. The second-order valence-electron chi connectivity index (χ2n) is 4.65. The summed E-state index contributed by atoms with van der Waals surface area (Å²) in [5.74, 6) is -0.175. The van der Waals surface area contributed by atoms with E-state index in [1.807, 2.05) is 29.5 Å². The molecule has 2 aromatic rings. The molecule has 0 fully saturated rings.